The molecule has 1 aromatic heterocycles. The number of nitrogens with one attached hydrogen (secondary N) is 1. The number of nitrogens with zero attached hydrogens (tertiary/aromatic N) is 2. The topological polar surface area (TPSA) is 64.1 Å². The lowest BCUT2D eigenvalue weighted by Crippen LogP contribution is -2.22. The van der Waals surface area contributed by atoms with Crippen molar-refractivity contribution < 1.29 is 9.53 Å². The van der Waals surface area contributed by atoms with Crippen LogP contribution >= 0.6 is 11.3 Å². The van der Waals surface area contributed by atoms with Gasteiger partial charge in [0.25, 0.3) is 0 Å². The van der Waals surface area contributed by atoms with Crippen molar-refractivity contribution in [3.63, 3.8) is 0 Å². The fourth-order valence-corrected chi connectivity index (χ4v) is 3.57. The van der Waals surface area contributed by atoms with E-state index in [1.807, 2.05) is 18.2 Å². The van der Waals surface area contributed by atoms with Crippen LogP contribution in [0.2, 0.25) is 0 Å². The summed E-state index contributed by atoms with van der Waals surface area (Å²) < 4.78 is 5.24. The molecule has 2 atom stereocenters. The first kappa shape index (κ1) is 15.1. The largest absolute Gasteiger partial charge is 0.381 e. The molecule has 22 heavy (non-hydrogen) atoms. The first-order valence-electron chi connectivity index (χ1n) is 7.55. The molecule has 1 aliphatic heterocycles. The van der Waals surface area contributed by atoms with Gasteiger partial charge in [0, 0.05) is 12.5 Å². The van der Waals surface area contributed by atoms with Crippen molar-refractivity contribution in [1.82, 2.24) is 10.2 Å². The van der Waals surface area contributed by atoms with Crippen molar-refractivity contribution in [2.24, 2.45) is 5.92 Å². The summed E-state index contributed by atoms with van der Waals surface area (Å²) in [7, 11) is 0. The molecular weight excluding hydrogens is 298 g/mol. The van der Waals surface area contributed by atoms with Gasteiger partial charge in [-0.15, -0.1) is 10.2 Å². The minimum atomic E-state index is -0.0663. The summed E-state index contributed by atoms with van der Waals surface area (Å²) in [6.07, 6.45) is 1.72. The average molecular weight is 317 g/mol. The van der Waals surface area contributed by atoms with Crippen LogP contribution in [0.4, 0.5) is 5.13 Å². The molecule has 2 heterocycles. The molecule has 1 fully saturated rings. The molecule has 0 unspecified atom stereocenters. The maximum Gasteiger partial charge on any atom is 0.231 e. The summed E-state index contributed by atoms with van der Waals surface area (Å²) >= 11 is 1.45. The molecular formula is C16H19N3O2S. The fraction of sp³-hybridized carbons (Fsp3) is 0.438. The van der Waals surface area contributed by atoms with Crippen molar-refractivity contribution in [1.29, 1.82) is 0 Å². The molecule has 0 bridgehead atoms. The van der Waals surface area contributed by atoms with Gasteiger partial charge in [0.2, 0.25) is 11.0 Å². The van der Waals surface area contributed by atoms with Crippen LogP contribution in [-0.2, 0) is 9.53 Å². The van der Waals surface area contributed by atoms with Gasteiger partial charge in [-0.2, -0.15) is 0 Å². The van der Waals surface area contributed by atoms with Crippen LogP contribution in [0.5, 0.6) is 0 Å². The minimum absolute atomic E-state index is 0.0204. The Morgan fingerprint density at radius 3 is 2.91 bits per heavy atom. The molecule has 1 aromatic carbocycles. The molecule has 0 spiro atoms. The normalized spacial score (nSPS) is 19.0. The highest BCUT2D eigenvalue weighted by Crippen LogP contribution is 2.31. The van der Waals surface area contributed by atoms with Crippen LogP contribution in [0.3, 0.4) is 0 Å². The Labute approximate surface area is 133 Å². The summed E-state index contributed by atoms with van der Waals surface area (Å²) in [5.41, 5.74) is 1.23. The summed E-state index contributed by atoms with van der Waals surface area (Å²) in [4.78, 5) is 12.1. The number of aromatic nitrogens is 2. The van der Waals surface area contributed by atoms with Gasteiger partial charge in [-0.3, -0.25) is 4.79 Å². The smallest absolute Gasteiger partial charge is 0.231 e. The Bertz CT molecular complexity index is 623. The Hall–Kier alpha value is -1.79. The number of hydrogen-bond acceptors (Lipinski definition) is 5. The van der Waals surface area contributed by atoms with Crippen LogP contribution in [0.25, 0.3) is 0 Å². The highest BCUT2D eigenvalue weighted by molar-refractivity contribution is 7.15. The van der Waals surface area contributed by atoms with Crippen molar-refractivity contribution >= 4 is 22.4 Å². The van der Waals surface area contributed by atoms with Gasteiger partial charge in [-0.25, -0.2) is 0 Å². The molecule has 0 radical (unpaired) electrons. The number of ether oxygens (including phenoxy) is 1. The van der Waals surface area contributed by atoms with Gasteiger partial charge >= 0.3 is 0 Å². The van der Waals surface area contributed by atoms with Crippen molar-refractivity contribution in [2.45, 2.75) is 25.7 Å². The molecule has 0 saturated carbocycles. The number of carbonyl (C=O) groups is 1. The molecule has 5 nitrogen and oxygen atoms in total. The molecule has 3 rings (SSSR count). The van der Waals surface area contributed by atoms with E-state index in [0.29, 0.717) is 18.3 Å². The number of anilines is 1. The molecule has 1 amide bonds. The number of rotatable bonds is 5. The first-order valence-corrected chi connectivity index (χ1v) is 8.36. The highest BCUT2D eigenvalue weighted by atomic mass is 32.1. The standard InChI is InChI=1S/C16H19N3O2S/c1-2-13(11-6-4-3-5-7-11)15-18-19-16(22-15)17-14(20)12-8-9-21-10-12/h3-7,12-13H,2,8-10H2,1H3,(H,17,19,20)/t12-,13-/m0/s1. The zero-order valence-electron chi connectivity index (χ0n) is 12.5. The van der Waals surface area contributed by atoms with Gasteiger partial charge in [-0.1, -0.05) is 48.6 Å². The second-order valence-electron chi connectivity index (χ2n) is 5.37. The van der Waals surface area contributed by atoms with E-state index in [4.69, 9.17) is 4.74 Å². The van der Waals surface area contributed by atoms with Crippen LogP contribution in [0.15, 0.2) is 30.3 Å². The van der Waals surface area contributed by atoms with Crippen LogP contribution in [-0.4, -0.2) is 29.3 Å². The summed E-state index contributed by atoms with van der Waals surface area (Å²) in [5.74, 6) is 0.135. The Balaban J connectivity index is 1.71. The third kappa shape index (κ3) is 3.34. The van der Waals surface area contributed by atoms with E-state index in [1.54, 1.807) is 0 Å². The fourth-order valence-electron chi connectivity index (χ4n) is 2.61. The predicted octanol–water partition coefficient (Wildman–Crippen LogP) is 3.06. The third-order valence-corrected chi connectivity index (χ3v) is 4.83. The summed E-state index contributed by atoms with van der Waals surface area (Å²) in [6, 6.07) is 10.3. The predicted molar refractivity (Wildman–Crippen MR) is 86.0 cm³/mol. The molecule has 1 N–H and O–H groups in total. The highest BCUT2D eigenvalue weighted by Gasteiger charge is 2.25. The van der Waals surface area contributed by atoms with Crippen LogP contribution in [0, 0.1) is 5.92 Å². The third-order valence-electron chi connectivity index (χ3n) is 3.88. The monoisotopic (exact) mass is 317 g/mol. The molecule has 1 aliphatic rings. The molecule has 1 saturated heterocycles. The average Bonchev–Trinajstić information content (AvgIpc) is 3.21. The lowest BCUT2D eigenvalue weighted by Gasteiger charge is -2.11. The van der Waals surface area contributed by atoms with Crippen LogP contribution in [0.1, 0.15) is 36.3 Å². The molecule has 116 valence electrons. The van der Waals surface area contributed by atoms with Crippen molar-refractivity contribution in [2.75, 3.05) is 18.5 Å². The lowest BCUT2D eigenvalue weighted by atomic mass is 9.97. The van der Waals surface area contributed by atoms with Crippen molar-refractivity contribution in [3.05, 3.63) is 40.9 Å². The quantitative estimate of drug-likeness (QED) is 0.920. The van der Waals surface area contributed by atoms with E-state index in [0.717, 1.165) is 17.8 Å². The van der Waals surface area contributed by atoms with Gasteiger partial charge in [-0.05, 0) is 18.4 Å². The van der Waals surface area contributed by atoms with E-state index in [1.165, 1.54) is 16.9 Å². The molecule has 2 aromatic rings. The van der Waals surface area contributed by atoms with Gasteiger partial charge in [0.1, 0.15) is 5.01 Å². The molecule has 0 aliphatic carbocycles. The Morgan fingerprint density at radius 1 is 1.41 bits per heavy atom. The van der Waals surface area contributed by atoms with Crippen LogP contribution < -0.4 is 5.32 Å². The number of hydrogen-bond donors (Lipinski definition) is 1. The Kier molecular flexibility index (Phi) is 4.80. The van der Waals surface area contributed by atoms with Crippen molar-refractivity contribution in [3.8, 4) is 0 Å². The van der Waals surface area contributed by atoms with Gasteiger partial charge in [0.05, 0.1) is 12.5 Å². The zero-order chi connectivity index (χ0) is 15.4. The van der Waals surface area contributed by atoms with Gasteiger partial charge < -0.3 is 10.1 Å². The summed E-state index contributed by atoms with van der Waals surface area (Å²) in [5, 5.41) is 12.8. The SMILES string of the molecule is CC[C@@H](c1ccccc1)c1nnc(NC(=O)[C@H]2CCOC2)s1. The van der Waals surface area contributed by atoms with E-state index in [2.05, 4.69) is 34.6 Å². The van der Waals surface area contributed by atoms with Gasteiger partial charge in [0.15, 0.2) is 0 Å². The lowest BCUT2D eigenvalue weighted by molar-refractivity contribution is -0.119. The maximum atomic E-state index is 12.1. The number of benzene rings is 1. The van der Waals surface area contributed by atoms with E-state index in [-0.39, 0.29) is 17.7 Å². The van der Waals surface area contributed by atoms with E-state index >= 15 is 0 Å². The zero-order valence-corrected chi connectivity index (χ0v) is 13.3. The number of carbonyl (C=O) groups excluding carboxylic acids is 1. The first-order chi connectivity index (χ1) is 10.8. The number of amides is 1. The van der Waals surface area contributed by atoms with E-state index in [9.17, 15) is 4.79 Å². The Morgan fingerprint density at radius 2 is 2.23 bits per heavy atom. The second kappa shape index (κ2) is 6.98. The molecule has 6 heteroatoms. The minimum Gasteiger partial charge on any atom is -0.381 e. The maximum absolute atomic E-state index is 12.1. The second-order valence-corrected chi connectivity index (χ2v) is 6.38. The van der Waals surface area contributed by atoms with E-state index < -0.39 is 0 Å². The summed E-state index contributed by atoms with van der Waals surface area (Å²) in [6.45, 7) is 3.29.